The first-order chi connectivity index (χ1) is 20.3. The SMILES string of the molecule is CC(C)(C)c1ccc2c(c1)n1c3ccccc3nc1n1c3[c-]cccc3nc21.Cc1c[c-]c(-c2ccc(C)cn2)cc1.[Ir]. The average Bonchev–Trinajstić information content (AvgIpc) is 3.57. The van der Waals surface area contributed by atoms with Crippen LogP contribution in [0, 0.1) is 26.0 Å². The molecule has 43 heavy (non-hydrogen) atoms. The average molecular weight is 738 g/mol. The molecule has 0 saturated heterocycles. The molecule has 4 aromatic carbocycles. The number of pyridine rings is 1. The van der Waals surface area contributed by atoms with Gasteiger partial charge in [-0.3, -0.25) is 13.8 Å². The van der Waals surface area contributed by atoms with Crippen molar-refractivity contribution in [1.82, 2.24) is 23.8 Å². The van der Waals surface area contributed by atoms with E-state index in [2.05, 4.69) is 102 Å². The summed E-state index contributed by atoms with van der Waals surface area (Å²) in [6.07, 6.45) is 1.88. The van der Waals surface area contributed by atoms with Crippen molar-refractivity contribution in [3.05, 3.63) is 126 Å². The van der Waals surface area contributed by atoms with Gasteiger partial charge in [-0.05, 0) is 64.5 Å². The minimum Gasteiger partial charge on any atom is -0.304 e. The number of aromatic nitrogens is 5. The number of hydrogen-bond acceptors (Lipinski definition) is 3. The predicted octanol–water partition coefficient (Wildman–Crippen LogP) is 8.70. The van der Waals surface area contributed by atoms with E-state index in [0.717, 1.165) is 55.7 Å². The fourth-order valence-electron chi connectivity index (χ4n) is 5.40. The van der Waals surface area contributed by atoms with E-state index in [1.807, 2.05) is 55.6 Å². The van der Waals surface area contributed by atoms with E-state index in [0.29, 0.717) is 0 Å². The molecule has 4 aromatic heterocycles. The van der Waals surface area contributed by atoms with E-state index in [1.54, 1.807) is 0 Å². The number of rotatable bonds is 1. The van der Waals surface area contributed by atoms with Crippen LogP contribution in [0.4, 0.5) is 0 Å². The third-order valence-corrected chi connectivity index (χ3v) is 7.72. The van der Waals surface area contributed by atoms with Crippen LogP contribution < -0.4 is 0 Å². The van der Waals surface area contributed by atoms with Gasteiger partial charge in [0.15, 0.2) is 0 Å². The number of aryl methyl sites for hydroxylation is 2. The van der Waals surface area contributed by atoms with Gasteiger partial charge >= 0.3 is 0 Å². The molecule has 0 aliphatic heterocycles. The van der Waals surface area contributed by atoms with Gasteiger partial charge in [0, 0.05) is 31.7 Å². The van der Waals surface area contributed by atoms with Crippen molar-refractivity contribution in [1.29, 1.82) is 0 Å². The summed E-state index contributed by atoms with van der Waals surface area (Å²) in [4.78, 5) is 14.3. The Balaban J connectivity index is 0.000000186. The second-order valence-corrected chi connectivity index (χ2v) is 11.9. The summed E-state index contributed by atoms with van der Waals surface area (Å²) in [5.41, 5.74) is 11.8. The van der Waals surface area contributed by atoms with E-state index < -0.39 is 0 Å². The number of imidazole rings is 2. The Morgan fingerprint density at radius 1 is 0.721 bits per heavy atom. The van der Waals surface area contributed by atoms with Crippen molar-refractivity contribution in [2.24, 2.45) is 0 Å². The van der Waals surface area contributed by atoms with Crippen LogP contribution in [0.1, 0.15) is 37.5 Å². The maximum absolute atomic E-state index is 4.97. The molecule has 0 saturated carbocycles. The zero-order valence-electron chi connectivity index (χ0n) is 24.8. The first-order valence-corrected chi connectivity index (χ1v) is 14.2. The smallest absolute Gasteiger partial charge is 0.219 e. The fraction of sp³-hybridized carbons (Fsp3) is 0.162. The van der Waals surface area contributed by atoms with Gasteiger partial charge in [-0.25, -0.2) is 4.98 Å². The number of benzene rings is 4. The quantitative estimate of drug-likeness (QED) is 0.159. The summed E-state index contributed by atoms with van der Waals surface area (Å²) in [6.45, 7) is 10.8. The van der Waals surface area contributed by atoms with E-state index in [4.69, 9.17) is 9.97 Å². The molecule has 0 amide bonds. The maximum Gasteiger partial charge on any atom is 0.219 e. The predicted molar refractivity (Wildman–Crippen MR) is 172 cm³/mol. The first kappa shape index (κ1) is 28.7. The summed E-state index contributed by atoms with van der Waals surface area (Å²) < 4.78 is 4.39. The molecule has 8 rings (SSSR count). The van der Waals surface area contributed by atoms with E-state index >= 15 is 0 Å². The molecular formula is C37H31IrN5-2. The molecule has 0 unspecified atom stereocenters. The Labute approximate surface area is 264 Å². The van der Waals surface area contributed by atoms with E-state index in [9.17, 15) is 0 Å². The molecule has 0 aliphatic rings. The number of fused-ring (bicyclic) bond motifs is 10. The Hall–Kier alpha value is -4.38. The molecule has 0 aliphatic carbocycles. The largest absolute Gasteiger partial charge is 0.304 e. The number of para-hydroxylation sites is 3. The van der Waals surface area contributed by atoms with Crippen molar-refractivity contribution in [3.8, 4) is 11.3 Å². The minimum absolute atomic E-state index is 0. The molecule has 0 spiro atoms. The summed E-state index contributed by atoms with van der Waals surface area (Å²) in [6, 6.07) is 37.7. The number of hydrogen-bond donors (Lipinski definition) is 0. The van der Waals surface area contributed by atoms with Crippen LogP contribution in [-0.4, -0.2) is 23.8 Å². The van der Waals surface area contributed by atoms with Crippen LogP contribution in [-0.2, 0) is 25.5 Å². The van der Waals surface area contributed by atoms with Crippen LogP contribution in [0.25, 0.3) is 55.7 Å². The molecule has 0 fully saturated rings. The molecule has 6 heteroatoms. The van der Waals surface area contributed by atoms with Gasteiger partial charge < -0.3 is 4.98 Å². The molecular weight excluding hydrogens is 707 g/mol. The van der Waals surface area contributed by atoms with E-state index in [-0.39, 0.29) is 25.5 Å². The van der Waals surface area contributed by atoms with Crippen LogP contribution in [0.5, 0.6) is 0 Å². The maximum atomic E-state index is 4.97. The number of nitrogens with zero attached hydrogens (tertiary/aromatic N) is 5. The molecule has 0 N–H and O–H groups in total. The Morgan fingerprint density at radius 2 is 1.51 bits per heavy atom. The van der Waals surface area contributed by atoms with E-state index in [1.165, 1.54) is 16.7 Å². The molecule has 1 radical (unpaired) electrons. The van der Waals surface area contributed by atoms with Crippen molar-refractivity contribution < 1.29 is 20.1 Å². The molecule has 8 aromatic rings. The molecule has 215 valence electrons. The summed E-state index contributed by atoms with van der Waals surface area (Å²) in [7, 11) is 0. The van der Waals surface area contributed by atoms with Gasteiger partial charge in [0.05, 0.1) is 16.6 Å². The van der Waals surface area contributed by atoms with Gasteiger partial charge in [-0.15, -0.1) is 41.5 Å². The first-order valence-electron chi connectivity index (χ1n) is 14.2. The van der Waals surface area contributed by atoms with Crippen LogP contribution in [0.2, 0.25) is 0 Å². The second kappa shape index (κ2) is 11.0. The van der Waals surface area contributed by atoms with Crippen molar-refractivity contribution >= 4 is 44.4 Å². The van der Waals surface area contributed by atoms with Gasteiger partial charge in [0.25, 0.3) is 0 Å². The summed E-state index contributed by atoms with van der Waals surface area (Å²) >= 11 is 0. The molecule has 0 bridgehead atoms. The zero-order valence-corrected chi connectivity index (χ0v) is 27.2. The minimum atomic E-state index is 0. The fourth-order valence-corrected chi connectivity index (χ4v) is 5.40. The van der Waals surface area contributed by atoms with Crippen LogP contribution in [0.3, 0.4) is 0 Å². The summed E-state index contributed by atoms with van der Waals surface area (Å²) in [5, 5.41) is 1.12. The topological polar surface area (TPSA) is 47.5 Å². The zero-order chi connectivity index (χ0) is 29.0. The monoisotopic (exact) mass is 738 g/mol. The summed E-state index contributed by atoms with van der Waals surface area (Å²) in [5.74, 6) is 0.875. The molecule has 0 atom stereocenters. The van der Waals surface area contributed by atoms with Gasteiger partial charge in [0.2, 0.25) is 5.78 Å². The van der Waals surface area contributed by atoms with Crippen molar-refractivity contribution in [2.75, 3.05) is 0 Å². The van der Waals surface area contributed by atoms with Crippen LogP contribution in [0.15, 0.2) is 97.2 Å². The Morgan fingerprint density at radius 3 is 2.26 bits per heavy atom. The van der Waals surface area contributed by atoms with Gasteiger partial charge in [-0.2, -0.15) is 18.2 Å². The molecule has 5 nitrogen and oxygen atoms in total. The van der Waals surface area contributed by atoms with Crippen molar-refractivity contribution in [3.63, 3.8) is 0 Å². The van der Waals surface area contributed by atoms with Gasteiger partial charge in [0.1, 0.15) is 5.65 Å². The standard InChI is InChI=1S/C24H19N4.C13H12N.Ir/c1-24(2,3)15-12-13-16-21(14-15)27-19-10-6-5-9-18(19)26-23(27)28-20-11-7-4-8-17(20)25-22(16)28;1-10-3-6-12(7-4-10)13-8-5-11(2)9-14-13;/h4-10,12-14H,1-3H3;3-6,8-9H,1-2H3;/q2*-1;. The van der Waals surface area contributed by atoms with Gasteiger partial charge in [-0.1, -0.05) is 58.0 Å². The normalized spacial score (nSPS) is 11.7. The molecule has 4 heterocycles. The third kappa shape index (κ3) is 5.11. The Bertz CT molecular complexity index is 2190. The Kier molecular flexibility index (Phi) is 7.37. The van der Waals surface area contributed by atoms with Crippen molar-refractivity contribution in [2.45, 2.75) is 40.0 Å². The second-order valence-electron chi connectivity index (χ2n) is 11.9. The van der Waals surface area contributed by atoms with Crippen LogP contribution >= 0.6 is 0 Å². The third-order valence-electron chi connectivity index (χ3n) is 7.72.